The molecular weight excluding hydrogens is 172 g/mol. The van der Waals surface area contributed by atoms with Crippen LogP contribution in [0, 0.1) is 28.6 Å². The second-order valence-corrected chi connectivity index (χ2v) is 5.55. The molecule has 0 aromatic carbocycles. The fraction of sp³-hybridized carbons (Fsp3) is 0.917. The van der Waals surface area contributed by atoms with E-state index in [0.717, 1.165) is 31.2 Å². The molecule has 2 atom stereocenters. The summed E-state index contributed by atoms with van der Waals surface area (Å²) in [5, 5.41) is 9.28. The first-order valence-electron chi connectivity index (χ1n) is 5.95. The van der Waals surface area contributed by atoms with Gasteiger partial charge in [0.1, 0.15) is 0 Å². The highest BCUT2D eigenvalue weighted by Gasteiger charge is 2.47. The number of piperidine rings is 1. The summed E-state index contributed by atoms with van der Waals surface area (Å²) in [4.78, 5) is 2.55. The van der Waals surface area contributed by atoms with Crippen molar-refractivity contribution in [1.82, 2.24) is 4.90 Å². The lowest BCUT2D eigenvalue weighted by molar-refractivity contribution is 0.212. The zero-order chi connectivity index (χ0) is 9.60. The minimum Gasteiger partial charge on any atom is -0.301 e. The van der Waals surface area contributed by atoms with E-state index >= 15 is 0 Å². The van der Waals surface area contributed by atoms with Crippen molar-refractivity contribution in [2.45, 2.75) is 32.1 Å². The van der Waals surface area contributed by atoms with Gasteiger partial charge in [-0.2, -0.15) is 5.26 Å². The van der Waals surface area contributed by atoms with Crippen molar-refractivity contribution in [3.63, 3.8) is 0 Å². The standard InChI is InChI=1S/C12H18N2/c13-8-12(3-1-2-4-12)9-14-6-10-5-11(10)7-14/h10-11H,1-7,9H2. The van der Waals surface area contributed by atoms with Gasteiger partial charge in [0, 0.05) is 19.6 Å². The summed E-state index contributed by atoms with van der Waals surface area (Å²) in [6, 6.07) is 2.59. The number of fused-ring (bicyclic) bond motifs is 1. The smallest absolute Gasteiger partial charge is 0.0703 e. The van der Waals surface area contributed by atoms with E-state index in [1.165, 1.54) is 32.4 Å². The van der Waals surface area contributed by atoms with Gasteiger partial charge in [-0.25, -0.2) is 0 Å². The normalized spacial score (nSPS) is 39.4. The Morgan fingerprint density at radius 2 is 1.86 bits per heavy atom. The van der Waals surface area contributed by atoms with Gasteiger partial charge in [0.05, 0.1) is 11.5 Å². The lowest BCUT2D eigenvalue weighted by atomic mass is 9.87. The SMILES string of the molecule is N#CC1(CN2CC3CC3C2)CCCC1. The van der Waals surface area contributed by atoms with Crippen molar-refractivity contribution < 1.29 is 0 Å². The van der Waals surface area contributed by atoms with Crippen molar-refractivity contribution in [2.24, 2.45) is 17.3 Å². The van der Waals surface area contributed by atoms with E-state index in [0.29, 0.717) is 0 Å². The summed E-state index contributed by atoms with van der Waals surface area (Å²) in [6.07, 6.45) is 6.31. The summed E-state index contributed by atoms with van der Waals surface area (Å²) in [6.45, 7) is 3.64. The minimum atomic E-state index is 0.0385. The first kappa shape index (κ1) is 8.73. The molecule has 76 valence electrons. The van der Waals surface area contributed by atoms with Crippen molar-refractivity contribution >= 4 is 0 Å². The number of rotatable bonds is 2. The number of hydrogen-bond acceptors (Lipinski definition) is 2. The van der Waals surface area contributed by atoms with Crippen LogP contribution in [0.4, 0.5) is 0 Å². The number of nitriles is 1. The molecule has 14 heavy (non-hydrogen) atoms. The fourth-order valence-corrected chi connectivity index (χ4v) is 3.41. The summed E-state index contributed by atoms with van der Waals surface area (Å²) >= 11 is 0. The second-order valence-electron chi connectivity index (χ2n) is 5.55. The molecule has 1 saturated heterocycles. The molecular formula is C12H18N2. The molecule has 2 heteroatoms. The first-order chi connectivity index (χ1) is 6.81. The van der Waals surface area contributed by atoms with E-state index in [2.05, 4.69) is 11.0 Å². The summed E-state index contributed by atoms with van der Waals surface area (Å²) in [5.41, 5.74) is 0.0385. The van der Waals surface area contributed by atoms with Crippen LogP contribution in [0.1, 0.15) is 32.1 Å². The molecule has 2 nitrogen and oxygen atoms in total. The lowest BCUT2D eigenvalue weighted by Gasteiger charge is -2.27. The van der Waals surface area contributed by atoms with Gasteiger partial charge >= 0.3 is 0 Å². The molecule has 0 aromatic rings. The number of likely N-dealkylation sites (tertiary alicyclic amines) is 1. The topological polar surface area (TPSA) is 27.0 Å². The molecule has 2 saturated carbocycles. The van der Waals surface area contributed by atoms with Crippen molar-refractivity contribution in [2.75, 3.05) is 19.6 Å². The maximum atomic E-state index is 9.28. The molecule has 3 aliphatic rings. The Labute approximate surface area is 85.9 Å². The second kappa shape index (κ2) is 2.97. The average molecular weight is 190 g/mol. The van der Waals surface area contributed by atoms with Gasteiger partial charge in [-0.15, -0.1) is 0 Å². The maximum Gasteiger partial charge on any atom is 0.0703 e. The van der Waals surface area contributed by atoms with Gasteiger partial charge in [-0.05, 0) is 31.1 Å². The Kier molecular flexibility index (Phi) is 1.85. The molecule has 1 heterocycles. The third-order valence-corrected chi connectivity index (χ3v) is 4.38. The highest BCUT2D eigenvalue weighted by atomic mass is 15.2. The Morgan fingerprint density at radius 1 is 1.21 bits per heavy atom. The molecule has 0 aromatic heterocycles. The number of hydrogen-bond donors (Lipinski definition) is 0. The number of nitrogens with zero attached hydrogens (tertiary/aromatic N) is 2. The van der Waals surface area contributed by atoms with E-state index in [1.54, 1.807) is 0 Å². The Bertz CT molecular complexity index is 263. The summed E-state index contributed by atoms with van der Waals surface area (Å²) in [7, 11) is 0. The van der Waals surface area contributed by atoms with E-state index in [1.807, 2.05) is 0 Å². The molecule has 0 spiro atoms. The van der Waals surface area contributed by atoms with Crippen LogP contribution in [0.2, 0.25) is 0 Å². The molecule has 1 aliphatic heterocycles. The van der Waals surface area contributed by atoms with Crippen molar-refractivity contribution in [3.05, 3.63) is 0 Å². The van der Waals surface area contributed by atoms with Crippen LogP contribution in [0.3, 0.4) is 0 Å². The van der Waals surface area contributed by atoms with Gasteiger partial charge in [-0.1, -0.05) is 12.8 Å². The highest BCUT2D eigenvalue weighted by Crippen LogP contribution is 2.47. The van der Waals surface area contributed by atoms with Gasteiger partial charge in [-0.3, -0.25) is 0 Å². The van der Waals surface area contributed by atoms with Crippen molar-refractivity contribution in [1.29, 1.82) is 5.26 Å². The van der Waals surface area contributed by atoms with Crippen LogP contribution >= 0.6 is 0 Å². The van der Waals surface area contributed by atoms with Gasteiger partial charge in [0.2, 0.25) is 0 Å². The maximum absolute atomic E-state index is 9.28. The third-order valence-electron chi connectivity index (χ3n) is 4.38. The zero-order valence-electron chi connectivity index (χ0n) is 8.71. The van der Waals surface area contributed by atoms with Gasteiger partial charge in [0.25, 0.3) is 0 Å². The van der Waals surface area contributed by atoms with Crippen LogP contribution in [0.5, 0.6) is 0 Å². The Balaban J connectivity index is 1.62. The molecule has 0 bridgehead atoms. The van der Waals surface area contributed by atoms with Crippen LogP contribution in [-0.4, -0.2) is 24.5 Å². The fourth-order valence-electron chi connectivity index (χ4n) is 3.41. The Hall–Kier alpha value is -0.550. The van der Waals surface area contributed by atoms with Crippen LogP contribution in [0.25, 0.3) is 0 Å². The molecule has 0 radical (unpaired) electrons. The van der Waals surface area contributed by atoms with E-state index < -0.39 is 0 Å². The molecule has 0 N–H and O–H groups in total. The van der Waals surface area contributed by atoms with Gasteiger partial charge in [0.15, 0.2) is 0 Å². The molecule has 2 aliphatic carbocycles. The monoisotopic (exact) mass is 190 g/mol. The molecule has 0 amide bonds. The highest BCUT2D eigenvalue weighted by molar-refractivity contribution is 5.06. The minimum absolute atomic E-state index is 0.0385. The van der Waals surface area contributed by atoms with Crippen molar-refractivity contribution in [3.8, 4) is 6.07 Å². The Morgan fingerprint density at radius 3 is 2.43 bits per heavy atom. The predicted octanol–water partition coefficient (Wildman–Crippen LogP) is 2.02. The average Bonchev–Trinajstić information content (AvgIpc) is 2.68. The largest absolute Gasteiger partial charge is 0.301 e. The predicted molar refractivity (Wildman–Crippen MR) is 54.6 cm³/mol. The molecule has 3 rings (SSSR count). The van der Waals surface area contributed by atoms with Crippen LogP contribution in [-0.2, 0) is 0 Å². The lowest BCUT2D eigenvalue weighted by Crippen LogP contribution is -2.35. The van der Waals surface area contributed by atoms with E-state index in [4.69, 9.17) is 0 Å². The molecule has 2 unspecified atom stereocenters. The summed E-state index contributed by atoms with van der Waals surface area (Å²) < 4.78 is 0. The quantitative estimate of drug-likeness (QED) is 0.666. The van der Waals surface area contributed by atoms with E-state index in [-0.39, 0.29) is 5.41 Å². The first-order valence-corrected chi connectivity index (χ1v) is 5.95. The third kappa shape index (κ3) is 1.35. The molecule has 3 fully saturated rings. The zero-order valence-corrected chi connectivity index (χ0v) is 8.71. The van der Waals surface area contributed by atoms with Crippen LogP contribution in [0.15, 0.2) is 0 Å². The van der Waals surface area contributed by atoms with Gasteiger partial charge < -0.3 is 4.90 Å². The van der Waals surface area contributed by atoms with E-state index in [9.17, 15) is 5.26 Å². The summed E-state index contributed by atoms with van der Waals surface area (Å²) in [5.74, 6) is 2.01. The van der Waals surface area contributed by atoms with Crippen LogP contribution < -0.4 is 0 Å².